The number of hydrogen-bond acceptors (Lipinski definition) is 4. The number of hydrogen-bond donors (Lipinski definition) is 1. The summed E-state index contributed by atoms with van der Waals surface area (Å²) in [6.07, 6.45) is 0.750. The first-order chi connectivity index (χ1) is 18.4. The van der Waals surface area contributed by atoms with Crippen LogP contribution in [0.5, 0.6) is 0 Å². The molecule has 0 bridgehead atoms. The Bertz CT molecular complexity index is 1390. The van der Waals surface area contributed by atoms with Crippen molar-refractivity contribution in [3.8, 4) is 0 Å². The van der Waals surface area contributed by atoms with Gasteiger partial charge in [0.1, 0.15) is 12.6 Å². The first kappa shape index (κ1) is 29.9. The van der Waals surface area contributed by atoms with Gasteiger partial charge in [0.25, 0.3) is 10.0 Å². The van der Waals surface area contributed by atoms with Gasteiger partial charge in [-0.3, -0.25) is 13.9 Å². The van der Waals surface area contributed by atoms with Crippen LogP contribution in [0.4, 0.5) is 5.69 Å². The van der Waals surface area contributed by atoms with Crippen LogP contribution in [0, 0.1) is 20.8 Å². The molecule has 0 spiro atoms. The molecule has 1 N–H and O–H groups in total. The Hall–Kier alpha value is -3.65. The average Bonchev–Trinajstić information content (AvgIpc) is 2.91. The molecule has 0 saturated carbocycles. The van der Waals surface area contributed by atoms with Crippen LogP contribution in [0.25, 0.3) is 0 Å². The maximum atomic E-state index is 14.0. The monoisotopic (exact) mass is 549 g/mol. The predicted octanol–water partition coefficient (Wildman–Crippen LogP) is 5.14. The van der Waals surface area contributed by atoms with E-state index in [9.17, 15) is 18.0 Å². The number of carbonyl (C=O) groups excluding carboxylic acids is 2. The topological polar surface area (TPSA) is 86.8 Å². The standard InChI is InChI=1S/C31H39N3O4S/c1-7-25(5)32-31(36)26(6)33(20-27-11-9-8-10-24(27)4)30(35)21-34(28-16-12-22(2)13-17-28)39(37,38)29-18-14-23(3)15-19-29/h8-19,25-26H,7,20-21H2,1-6H3,(H,32,36)/t25-,26+/m0/s1. The average molecular weight is 550 g/mol. The zero-order valence-corrected chi connectivity index (χ0v) is 24.5. The third kappa shape index (κ3) is 7.47. The summed E-state index contributed by atoms with van der Waals surface area (Å²) in [4.78, 5) is 28.7. The molecule has 8 heteroatoms. The van der Waals surface area contributed by atoms with E-state index in [0.717, 1.165) is 33.0 Å². The Balaban J connectivity index is 2.03. The van der Waals surface area contributed by atoms with Crippen molar-refractivity contribution >= 4 is 27.5 Å². The van der Waals surface area contributed by atoms with Gasteiger partial charge in [0.2, 0.25) is 11.8 Å². The van der Waals surface area contributed by atoms with Crippen molar-refractivity contribution in [3.63, 3.8) is 0 Å². The molecule has 0 saturated heterocycles. The van der Waals surface area contributed by atoms with Crippen molar-refractivity contribution in [2.24, 2.45) is 0 Å². The van der Waals surface area contributed by atoms with E-state index in [2.05, 4.69) is 5.32 Å². The molecule has 0 aliphatic heterocycles. The SMILES string of the molecule is CC[C@H](C)NC(=O)[C@@H](C)N(Cc1ccccc1C)C(=O)CN(c1ccc(C)cc1)S(=O)(=O)c1ccc(C)cc1. The van der Waals surface area contributed by atoms with E-state index in [1.165, 1.54) is 4.90 Å². The minimum Gasteiger partial charge on any atom is -0.352 e. The van der Waals surface area contributed by atoms with Crippen molar-refractivity contribution in [1.29, 1.82) is 0 Å². The van der Waals surface area contributed by atoms with Gasteiger partial charge in [0.15, 0.2) is 0 Å². The van der Waals surface area contributed by atoms with Gasteiger partial charge >= 0.3 is 0 Å². The molecule has 7 nitrogen and oxygen atoms in total. The molecular weight excluding hydrogens is 510 g/mol. The maximum Gasteiger partial charge on any atom is 0.264 e. The summed E-state index contributed by atoms with van der Waals surface area (Å²) in [5.41, 5.74) is 4.14. The molecular formula is C31H39N3O4S. The number of sulfonamides is 1. The second-order valence-electron chi connectivity index (χ2n) is 10.1. The van der Waals surface area contributed by atoms with Crippen LogP contribution in [0.15, 0.2) is 77.7 Å². The number of anilines is 1. The van der Waals surface area contributed by atoms with Gasteiger partial charge in [-0.2, -0.15) is 0 Å². The largest absolute Gasteiger partial charge is 0.352 e. The fraction of sp³-hybridized carbons (Fsp3) is 0.355. The molecule has 208 valence electrons. The van der Waals surface area contributed by atoms with E-state index in [-0.39, 0.29) is 23.4 Å². The minimum absolute atomic E-state index is 0.0543. The highest BCUT2D eigenvalue weighted by atomic mass is 32.2. The molecule has 0 aromatic heterocycles. The third-order valence-electron chi connectivity index (χ3n) is 6.98. The summed E-state index contributed by atoms with van der Waals surface area (Å²) in [5, 5.41) is 2.95. The van der Waals surface area contributed by atoms with E-state index >= 15 is 0 Å². The molecule has 3 rings (SSSR count). The Morgan fingerprint density at radius 2 is 1.41 bits per heavy atom. The molecule has 39 heavy (non-hydrogen) atoms. The first-order valence-electron chi connectivity index (χ1n) is 13.2. The van der Waals surface area contributed by atoms with Crippen molar-refractivity contribution < 1.29 is 18.0 Å². The summed E-state index contributed by atoms with van der Waals surface area (Å²) in [6, 6.07) is 20.3. The van der Waals surface area contributed by atoms with Crippen molar-refractivity contribution in [2.75, 3.05) is 10.8 Å². The van der Waals surface area contributed by atoms with E-state index in [4.69, 9.17) is 0 Å². The fourth-order valence-corrected chi connectivity index (χ4v) is 5.51. The highest BCUT2D eigenvalue weighted by Gasteiger charge is 2.33. The van der Waals surface area contributed by atoms with Crippen LogP contribution in [0.2, 0.25) is 0 Å². The Morgan fingerprint density at radius 1 is 0.846 bits per heavy atom. The lowest BCUT2D eigenvalue weighted by molar-refractivity contribution is -0.139. The highest BCUT2D eigenvalue weighted by Crippen LogP contribution is 2.25. The Morgan fingerprint density at radius 3 is 1.97 bits per heavy atom. The smallest absolute Gasteiger partial charge is 0.264 e. The van der Waals surface area contributed by atoms with Gasteiger partial charge in [-0.05, 0) is 76.4 Å². The summed E-state index contributed by atoms with van der Waals surface area (Å²) >= 11 is 0. The minimum atomic E-state index is -4.08. The molecule has 0 radical (unpaired) electrons. The van der Waals surface area contributed by atoms with Crippen molar-refractivity contribution in [1.82, 2.24) is 10.2 Å². The molecule has 3 aromatic carbocycles. The summed E-state index contributed by atoms with van der Waals surface area (Å²) in [5.74, 6) is -0.754. The number of carbonyl (C=O) groups is 2. The van der Waals surface area contributed by atoms with Gasteiger partial charge in [-0.15, -0.1) is 0 Å². The van der Waals surface area contributed by atoms with Crippen LogP contribution >= 0.6 is 0 Å². The zero-order valence-electron chi connectivity index (χ0n) is 23.6. The van der Waals surface area contributed by atoms with Crippen LogP contribution in [0.1, 0.15) is 49.4 Å². The fourth-order valence-electron chi connectivity index (χ4n) is 4.10. The summed E-state index contributed by atoms with van der Waals surface area (Å²) < 4.78 is 28.9. The highest BCUT2D eigenvalue weighted by molar-refractivity contribution is 7.92. The number of amides is 2. The van der Waals surface area contributed by atoms with E-state index < -0.39 is 28.5 Å². The summed E-state index contributed by atoms with van der Waals surface area (Å²) in [6.45, 7) is 11.0. The number of rotatable bonds is 11. The third-order valence-corrected chi connectivity index (χ3v) is 8.77. The molecule has 0 unspecified atom stereocenters. The van der Waals surface area contributed by atoms with Crippen LogP contribution in [0.3, 0.4) is 0 Å². The molecule has 3 aromatic rings. The second kappa shape index (κ2) is 12.9. The van der Waals surface area contributed by atoms with E-state index in [1.807, 2.05) is 71.0 Å². The van der Waals surface area contributed by atoms with Gasteiger partial charge in [0, 0.05) is 12.6 Å². The van der Waals surface area contributed by atoms with Gasteiger partial charge in [0.05, 0.1) is 10.6 Å². The van der Waals surface area contributed by atoms with Crippen LogP contribution in [-0.2, 0) is 26.2 Å². The van der Waals surface area contributed by atoms with Gasteiger partial charge in [-0.1, -0.05) is 66.6 Å². The number of aryl methyl sites for hydroxylation is 3. The normalized spacial score (nSPS) is 12.9. The lowest BCUT2D eigenvalue weighted by Gasteiger charge is -2.32. The van der Waals surface area contributed by atoms with Crippen molar-refractivity contribution in [2.45, 2.75) is 71.5 Å². The lowest BCUT2D eigenvalue weighted by Crippen LogP contribution is -2.52. The van der Waals surface area contributed by atoms with Crippen LogP contribution in [-0.4, -0.2) is 43.8 Å². The number of nitrogens with zero attached hydrogens (tertiary/aromatic N) is 2. The Kier molecular flexibility index (Phi) is 9.92. The molecule has 2 atom stereocenters. The Labute approximate surface area is 232 Å². The van der Waals surface area contributed by atoms with Crippen molar-refractivity contribution in [3.05, 3.63) is 95.1 Å². The van der Waals surface area contributed by atoms with E-state index in [0.29, 0.717) is 5.69 Å². The van der Waals surface area contributed by atoms with E-state index in [1.54, 1.807) is 43.3 Å². The lowest BCUT2D eigenvalue weighted by atomic mass is 10.1. The molecule has 2 amide bonds. The molecule has 0 aliphatic carbocycles. The predicted molar refractivity (Wildman–Crippen MR) is 156 cm³/mol. The zero-order chi connectivity index (χ0) is 28.7. The number of benzene rings is 3. The van der Waals surface area contributed by atoms with Crippen LogP contribution < -0.4 is 9.62 Å². The quantitative estimate of drug-likeness (QED) is 0.359. The maximum absolute atomic E-state index is 14.0. The van der Waals surface area contributed by atoms with Gasteiger partial charge < -0.3 is 10.2 Å². The molecule has 0 fully saturated rings. The molecule has 0 aliphatic rings. The molecule has 0 heterocycles. The van der Waals surface area contributed by atoms with Gasteiger partial charge in [-0.25, -0.2) is 8.42 Å². The second-order valence-corrected chi connectivity index (χ2v) is 12.0. The first-order valence-corrected chi connectivity index (χ1v) is 14.7. The summed E-state index contributed by atoms with van der Waals surface area (Å²) in [7, 11) is -4.08. The number of nitrogens with one attached hydrogen (secondary N) is 1.